The number of hydrogen-bond acceptors (Lipinski definition) is 2. The Kier molecular flexibility index (Phi) is 1.77. The molecule has 0 amide bonds. The van der Waals surface area contributed by atoms with Crippen molar-refractivity contribution in [1.29, 1.82) is 0 Å². The predicted molar refractivity (Wildman–Crippen MR) is 50.9 cm³/mol. The molecule has 1 aliphatic rings. The Labute approximate surface area is 72.8 Å². The Morgan fingerprint density at radius 2 is 2.33 bits per heavy atom. The number of anilines is 1. The molecule has 1 aromatic rings. The maximum Gasteiger partial charge on any atom is 0.0350 e. The first-order valence-electron chi connectivity index (χ1n) is 4.37. The molecule has 3 N–H and O–H groups in total. The Bertz CT molecular complexity index is 294. The molecule has 2 nitrogen and oxygen atoms in total. The zero-order valence-corrected chi connectivity index (χ0v) is 7.30. The molecule has 0 spiro atoms. The minimum Gasteiger partial charge on any atom is -0.398 e. The van der Waals surface area contributed by atoms with Crippen LogP contribution in [0.1, 0.15) is 18.1 Å². The first-order chi connectivity index (χ1) is 5.77. The van der Waals surface area contributed by atoms with Crippen molar-refractivity contribution in [3.63, 3.8) is 0 Å². The number of hydrogen-bond donors (Lipinski definition) is 2. The number of benzene rings is 1. The van der Waals surface area contributed by atoms with Crippen LogP contribution in [-0.4, -0.2) is 6.04 Å². The van der Waals surface area contributed by atoms with Crippen molar-refractivity contribution >= 4 is 5.69 Å². The van der Waals surface area contributed by atoms with E-state index in [4.69, 9.17) is 5.73 Å². The third-order valence-corrected chi connectivity index (χ3v) is 2.46. The van der Waals surface area contributed by atoms with E-state index in [1.807, 2.05) is 12.1 Å². The standard InChI is InChI=1S/C10H14N2/c1-7-5-9-8(6-12-7)3-2-4-10(9)11/h2-4,7,12H,5-6,11H2,1H3/t7-/m0/s1. The van der Waals surface area contributed by atoms with Crippen molar-refractivity contribution in [2.45, 2.75) is 25.9 Å². The molecule has 2 heteroatoms. The SMILES string of the molecule is C[C@H]1Cc2c(N)cccc2CN1. The lowest BCUT2D eigenvalue weighted by atomic mass is 9.95. The van der Waals surface area contributed by atoms with Crippen molar-refractivity contribution in [2.24, 2.45) is 0 Å². The highest BCUT2D eigenvalue weighted by molar-refractivity contribution is 5.52. The molecular formula is C10H14N2. The summed E-state index contributed by atoms with van der Waals surface area (Å²) in [6, 6.07) is 6.70. The van der Waals surface area contributed by atoms with Gasteiger partial charge in [0.15, 0.2) is 0 Å². The van der Waals surface area contributed by atoms with Crippen LogP contribution in [0.5, 0.6) is 0 Å². The lowest BCUT2D eigenvalue weighted by Gasteiger charge is -2.24. The molecule has 0 saturated carbocycles. The van der Waals surface area contributed by atoms with Gasteiger partial charge in [0.25, 0.3) is 0 Å². The van der Waals surface area contributed by atoms with Gasteiger partial charge in [-0.1, -0.05) is 12.1 Å². The van der Waals surface area contributed by atoms with Gasteiger partial charge in [-0.3, -0.25) is 0 Å². The van der Waals surface area contributed by atoms with Gasteiger partial charge in [-0.25, -0.2) is 0 Å². The molecule has 0 radical (unpaired) electrons. The minimum atomic E-state index is 0.558. The van der Waals surface area contributed by atoms with Crippen molar-refractivity contribution < 1.29 is 0 Å². The van der Waals surface area contributed by atoms with E-state index < -0.39 is 0 Å². The van der Waals surface area contributed by atoms with Crippen molar-refractivity contribution in [3.05, 3.63) is 29.3 Å². The van der Waals surface area contributed by atoms with Gasteiger partial charge in [-0.05, 0) is 30.5 Å². The van der Waals surface area contributed by atoms with E-state index in [0.717, 1.165) is 18.7 Å². The number of nitrogen functional groups attached to an aromatic ring is 1. The fourth-order valence-corrected chi connectivity index (χ4v) is 1.73. The zero-order chi connectivity index (χ0) is 8.55. The quantitative estimate of drug-likeness (QED) is 0.564. The molecule has 1 aromatic carbocycles. The van der Waals surface area contributed by atoms with Gasteiger partial charge in [0.2, 0.25) is 0 Å². The molecular weight excluding hydrogens is 148 g/mol. The molecule has 12 heavy (non-hydrogen) atoms. The van der Waals surface area contributed by atoms with Gasteiger partial charge in [0.05, 0.1) is 0 Å². The molecule has 2 rings (SSSR count). The number of nitrogens with one attached hydrogen (secondary N) is 1. The Morgan fingerprint density at radius 1 is 1.50 bits per heavy atom. The van der Waals surface area contributed by atoms with Crippen LogP contribution in [0.4, 0.5) is 5.69 Å². The summed E-state index contributed by atoms with van der Waals surface area (Å²) in [5, 5.41) is 3.41. The second-order valence-electron chi connectivity index (χ2n) is 3.47. The second kappa shape index (κ2) is 2.79. The van der Waals surface area contributed by atoms with E-state index in [1.165, 1.54) is 11.1 Å². The Morgan fingerprint density at radius 3 is 3.17 bits per heavy atom. The molecule has 0 aliphatic carbocycles. The lowest BCUT2D eigenvalue weighted by molar-refractivity contribution is 0.514. The normalized spacial score (nSPS) is 21.9. The molecule has 1 aliphatic heterocycles. The summed E-state index contributed by atoms with van der Waals surface area (Å²) in [7, 11) is 0. The summed E-state index contributed by atoms with van der Waals surface area (Å²) >= 11 is 0. The van der Waals surface area contributed by atoms with E-state index in [0.29, 0.717) is 6.04 Å². The van der Waals surface area contributed by atoms with Gasteiger partial charge in [0.1, 0.15) is 0 Å². The van der Waals surface area contributed by atoms with E-state index >= 15 is 0 Å². The summed E-state index contributed by atoms with van der Waals surface area (Å²) in [6.07, 6.45) is 1.06. The van der Waals surface area contributed by atoms with E-state index in [-0.39, 0.29) is 0 Å². The lowest BCUT2D eigenvalue weighted by Crippen LogP contribution is -2.33. The van der Waals surface area contributed by atoms with Crippen molar-refractivity contribution in [1.82, 2.24) is 5.32 Å². The van der Waals surface area contributed by atoms with Crippen LogP contribution in [0.15, 0.2) is 18.2 Å². The van der Waals surface area contributed by atoms with Crippen LogP contribution >= 0.6 is 0 Å². The van der Waals surface area contributed by atoms with Crippen molar-refractivity contribution in [2.75, 3.05) is 5.73 Å². The average molecular weight is 162 g/mol. The summed E-state index contributed by atoms with van der Waals surface area (Å²) in [5.41, 5.74) is 9.51. The largest absolute Gasteiger partial charge is 0.398 e. The third-order valence-electron chi connectivity index (χ3n) is 2.46. The summed E-state index contributed by atoms with van der Waals surface area (Å²) < 4.78 is 0. The summed E-state index contributed by atoms with van der Waals surface area (Å²) in [5.74, 6) is 0. The van der Waals surface area contributed by atoms with Crippen LogP contribution in [-0.2, 0) is 13.0 Å². The topological polar surface area (TPSA) is 38.0 Å². The van der Waals surface area contributed by atoms with E-state index in [1.54, 1.807) is 0 Å². The molecule has 0 fully saturated rings. The fraction of sp³-hybridized carbons (Fsp3) is 0.400. The van der Waals surface area contributed by atoms with Gasteiger partial charge in [-0.2, -0.15) is 0 Å². The van der Waals surface area contributed by atoms with Crippen LogP contribution in [0.3, 0.4) is 0 Å². The van der Waals surface area contributed by atoms with Crippen LogP contribution in [0.2, 0.25) is 0 Å². The van der Waals surface area contributed by atoms with Crippen molar-refractivity contribution in [3.8, 4) is 0 Å². The number of rotatable bonds is 0. The second-order valence-corrected chi connectivity index (χ2v) is 3.47. The van der Waals surface area contributed by atoms with Crippen LogP contribution in [0.25, 0.3) is 0 Å². The Balaban J connectivity index is 2.43. The molecule has 0 aromatic heterocycles. The van der Waals surface area contributed by atoms with Crippen LogP contribution in [0, 0.1) is 0 Å². The molecule has 0 bridgehead atoms. The van der Waals surface area contributed by atoms with Gasteiger partial charge in [0, 0.05) is 18.3 Å². The molecule has 64 valence electrons. The highest BCUT2D eigenvalue weighted by Crippen LogP contribution is 2.22. The molecule has 0 unspecified atom stereocenters. The number of nitrogens with two attached hydrogens (primary N) is 1. The first-order valence-corrected chi connectivity index (χ1v) is 4.37. The highest BCUT2D eigenvalue weighted by Gasteiger charge is 2.15. The summed E-state index contributed by atoms with van der Waals surface area (Å²) in [6.45, 7) is 3.15. The number of fused-ring (bicyclic) bond motifs is 1. The first kappa shape index (κ1) is 7.62. The molecule has 1 atom stereocenters. The van der Waals surface area contributed by atoms with Crippen LogP contribution < -0.4 is 11.1 Å². The van der Waals surface area contributed by atoms with Gasteiger partial charge >= 0.3 is 0 Å². The predicted octanol–water partition coefficient (Wildman–Crippen LogP) is 1.30. The zero-order valence-electron chi connectivity index (χ0n) is 7.30. The Hall–Kier alpha value is -1.02. The minimum absolute atomic E-state index is 0.558. The average Bonchev–Trinajstić information content (AvgIpc) is 2.07. The van der Waals surface area contributed by atoms with Gasteiger partial charge in [-0.15, -0.1) is 0 Å². The monoisotopic (exact) mass is 162 g/mol. The fourth-order valence-electron chi connectivity index (χ4n) is 1.73. The molecule has 0 saturated heterocycles. The van der Waals surface area contributed by atoms with E-state index in [9.17, 15) is 0 Å². The third kappa shape index (κ3) is 1.18. The highest BCUT2D eigenvalue weighted by atomic mass is 14.9. The molecule has 1 heterocycles. The van der Waals surface area contributed by atoms with Gasteiger partial charge < -0.3 is 11.1 Å². The maximum atomic E-state index is 5.88. The van der Waals surface area contributed by atoms with E-state index in [2.05, 4.69) is 18.3 Å². The summed E-state index contributed by atoms with van der Waals surface area (Å²) in [4.78, 5) is 0. The smallest absolute Gasteiger partial charge is 0.0350 e. The maximum absolute atomic E-state index is 5.88.